The van der Waals surface area contributed by atoms with Gasteiger partial charge < -0.3 is 10.5 Å². The Morgan fingerprint density at radius 1 is 1.30 bits per heavy atom. The predicted octanol–water partition coefficient (Wildman–Crippen LogP) is 2.12. The molecule has 3 atom stereocenters. The normalized spacial score (nSPS) is 33.0. The minimum atomic E-state index is 0.356. The van der Waals surface area contributed by atoms with Crippen LogP contribution in [0.4, 0.5) is 0 Å². The topological polar surface area (TPSA) is 38.5 Å². The summed E-state index contributed by atoms with van der Waals surface area (Å²) in [7, 11) is 0. The summed E-state index contributed by atoms with van der Waals surface area (Å²) in [6.45, 7) is 9.40. The smallest absolute Gasteiger partial charge is 0.0739 e. The van der Waals surface area contributed by atoms with E-state index in [4.69, 9.17) is 10.5 Å². The van der Waals surface area contributed by atoms with Crippen LogP contribution in [0.2, 0.25) is 0 Å². The van der Waals surface area contributed by atoms with Crippen molar-refractivity contribution in [3.8, 4) is 0 Å². The number of nitrogens with two attached hydrogens (primary N) is 1. The molecule has 2 aliphatic rings. The Hall–Kier alpha value is -0.900. The third kappa shape index (κ3) is 2.62. The zero-order valence-electron chi connectivity index (χ0n) is 12.6. The Labute approximate surface area is 122 Å². The second-order valence-corrected chi connectivity index (χ2v) is 6.82. The largest absolute Gasteiger partial charge is 0.375 e. The lowest BCUT2D eigenvalue weighted by Gasteiger charge is -2.34. The summed E-state index contributed by atoms with van der Waals surface area (Å²) in [6, 6.07) is 10.7. The molecule has 1 aliphatic heterocycles. The summed E-state index contributed by atoms with van der Waals surface area (Å²) >= 11 is 0. The van der Waals surface area contributed by atoms with Gasteiger partial charge in [-0.15, -0.1) is 0 Å². The van der Waals surface area contributed by atoms with Gasteiger partial charge in [-0.05, 0) is 29.4 Å². The first-order valence-electron chi connectivity index (χ1n) is 7.71. The minimum Gasteiger partial charge on any atom is -0.375 e. The zero-order chi connectivity index (χ0) is 14.2. The first-order chi connectivity index (χ1) is 9.63. The van der Waals surface area contributed by atoms with Crippen LogP contribution in [0.1, 0.15) is 19.4 Å². The number of benzene rings is 1. The van der Waals surface area contributed by atoms with E-state index in [1.54, 1.807) is 0 Å². The Morgan fingerprint density at radius 2 is 2.05 bits per heavy atom. The summed E-state index contributed by atoms with van der Waals surface area (Å²) in [6.07, 6.45) is 0.357. The molecule has 1 aromatic rings. The molecule has 0 radical (unpaired) electrons. The van der Waals surface area contributed by atoms with E-state index in [-0.39, 0.29) is 0 Å². The summed E-state index contributed by atoms with van der Waals surface area (Å²) in [5.41, 5.74) is 7.64. The highest BCUT2D eigenvalue weighted by molar-refractivity contribution is 5.15. The van der Waals surface area contributed by atoms with Crippen LogP contribution in [0, 0.1) is 17.3 Å². The van der Waals surface area contributed by atoms with Crippen LogP contribution in [0.5, 0.6) is 0 Å². The highest BCUT2D eigenvalue weighted by atomic mass is 16.5. The van der Waals surface area contributed by atoms with Gasteiger partial charge in [0.2, 0.25) is 0 Å². The Bertz CT molecular complexity index is 446. The summed E-state index contributed by atoms with van der Waals surface area (Å²) in [4.78, 5) is 2.52. The monoisotopic (exact) mass is 274 g/mol. The molecule has 2 fully saturated rings. The van der Waals surface area contributed by atoms with E-state index in [1.165, 1.54) is 5.56 Å². The number of nitrogens with zero attached hydrogens (tertiary/aromatic N) is 1. The molecule has 3 heteroatoms. The molecule has 1 saturated carbocycles. The lowest BCUT2D eigenvalue weighted by Crippen LogP contribution is -2.43. The molecule has 0 aromatic heterocycles. The fraction of sp³-hybridized carbons (Fsp3) is 0.647. The number of hydrogen-bond acceptors (Lipinski definition) is 3. The van der Waals surface area contributed by atoms with Crippen molar-refractivity contribution in [3.63, 3.8) is 0 Å². The van der Waals surface area contributed by atoms with E-state index in [0.29, 0.717) is 23.4 Å². The number of rotatable bonds is 4. The van der Waals surface area contributed by atoms with Crippen LogP contribution in [-0.4, -0.2) is 37.2 Å². The van der Waals surface area contributed by atoms with Crippen molar-refractivity contribution < 1.29 is 4.74 Å². The number of morpholine rings is 1. The van der Waals surface area contributed by atoms with Gasteiger partial charge in [-0.1, -0.05) is 44.2 Å². The molecular formula is C17H26N2O. The van der Waals surface area contributed by atoms with Crippen molar-refractivity contribution >= 4 is 0 Å². The fourth-order valence-electron chi connectivity index (χ4n) is 3.91. The van der Waals surface area contributed by atoms with Gasteiger partial charge in [0.25, 0.3) is 0 Å². The van der Waals surface area contributed by atoms with Gasteiger partial charge in [0.1, 0.15) is 0 Å². The van der Waals surface area contributed by atoms with Crippen LogP contribution >= 0.6 is 0 Å². The average Bonchev–Trinajstić information content (AvgIpc) is 3.02. The van der Waals surface area contributed by atoms with E-state index in [0.717, 1.165) is 32.8 Å². The van der Waals surface area contributed by atoms with Crippen LogP contribution in [0.3, 0.4) is 0 Å². The molecule has 1 aliphatic carbocycles. The first kappa shape index (κ1) is 14.1. The van der Waals surface area contributed by atoms with Crippen LogP contribution in [0.15, 0.2) is 30.3 Å². The van der Waals surface area contributed by atoms with Crippen molar-refractivity contribution in [3.05, 3.63) is 35.9 Å². The Morgan fingerprint density at radius 3 is 2.70 bits per heavy atom. The average molecular weight is 274 g/mol. The second-order valence-electron chi connectivity index (χ2n) is 6.82. The molecule has 0 amide bonds. The van der Waals surface area contributed by atoms with Gasteiger partial charge in [0.05, 0.1) is 12.7 Å². The highest BCUT2D eigenvalue weighted by Crippen LogP contribution is 2.60. The third-order valence-electron chi connectivity index (χ3n) is 5.22. The van der Waals surface area contributed by atoms with Crippen molar-refractivity contribution in [2.75, 3.05) is 26.2 Å². The van der Waals surface area contributed by atoms with Gasteiger partial charge in [-0.25, -0.2) is 0 Å². The number of ether oxygens (including phenoxy) is 1. The van der Waals surface area contributed by atoms with E-state index in [2.05, 4.69) is 49.1 Å². The summed E-state index contributed by atoms with van der Waals surface area (Å²) in [5.74, 6) is 1.26. The van der Waals surface area contributed by atoms with Gasteiger partial charge in [-0.2, -0.15) is 0 Å². The van der Waals surface area contributed by atoms with Crippen molar-refractivity contribution in [1.82, 2.24) is 4.90 Å². The molecule has 1 unspecified atom stereocenters. The molecule has 20 heavy (non-hydrogen) atoms. The lowest BCUT2D eigenvalue weighted by atomic mass is 10.0. The Balaban J connectivity index is 1.60. The quantitative estimate of drug-likeness (QED) is 0.914. The molecule has 3 nitrogen and oxygen atoms in total. The molecule has 0 bridgehead atoms. The lowest BCUT2D eigenvalue weighted by molar-refractivity contribution is -0.0485. The van der Waals surface area contributed by atoms with Crippen molar-refractivity contribution in [2.24, 2.45) is 23.0 Å². The molecule has 1 heterocycles. The van der Waals surface area contributed by atoms with Crippen LogP contribution in [0.25, 0.3) is 0 Å². The molecule has 1 aromatic carbocycles. The number of hydrogen-bond donors (Lipinski definition) is 1. The molecule has 0 spiro atoms. The maximum absolute atomic E-state index is 6.04. The minimum absolute atomic E-state index is 0.356. The van der Waals surface area contributed by atoms with E-state index >= 15 is 0 Å². The summed E-state index contributed by atoms with van der Waals surface area (Å²) in [5, 5.41) is 0. The van der Waals surface area contributed by atoms with E-state index in [1.807, 2.05) is 0 Å². The SMILES string of the molecule is CC1(C)[C@@H](CN)[C@@H]1C1CN(Cc2ccccc2)CCO1. The molecule has 1 saturated heterocycles. The van der Waals surface area contributed by atoms with E-state index < -0.39 is 0 Å². The predicted molar refractivity (Wildman–Crippen MR) is 81.3 cm³/mol. The summed E-state index contributed by atoms with van der Waals surface area (Å²) < 4.78 is 6.04. The van der Waals surface area contributed by atoms with Crippen molar-refractivity contribution in [1.29, 1.82) is 0 Å². The Kier molecular flexibility index (Phi) is 3.85. The zero-order valence-corrected chi connectivity index (χ0v) is 12.6. The third-order valence-corrected chi connectivity index (χ3v) is 5.22. The van der Waals surface area contributed by atoms with Crippen molar-refractivity contribution in [2.45, 2.75) is 26.5 Å². The molecule has 110 valence electrons. The van der Waals surface area contributed by atoms with E-state index in [9.17, 15) is 0 Å². The first-order valence-corrected chi connectivity index (χ1v) is 7.71. The molecule has 3 rings (SSSR count). The fourth-order valence-corrected chi connectivity index (χ4v) is 3.91. The maximum Gasteiger partial charge on any atom is 0.0739 e. The van der Waals surface area contributed by atoms with Gasteiger partial charge in [0, 0.05) is 19.6 Å². The van der Waals surface area contributed by atoms with Gasteiger partial charge >= 0.3 is 0 Å². The van der Waals surface area contributed by atoms with Gasteiger partial charge in [-0.3, -0.25) is 4.90 Å². The highest BCUT2D eigenvalue weighted by Gasteiger charge is 2.60. The van der Waals surface area contributed by atoms with Crippen LogP contribution in [-0.2, 0) is 11.3 Å². The standard InChI is InChI=1S/C17H26N2O/c1-17(2)14(10-18)16(17)15-12-19(8-9-20-15)11-13-6-4-3-5-7-13/h3-7,14-16H,8-12,18H2,1-2H3/t14-,15?,16+/m0/s1. The van der Waals surface area contributed by atoms with Crippen LogP contribution < -0.4 is 5.73 Å². The second kappa shape index (κ2) is 5.47. The van der Waals surface area contributed by atoms with Gasteiger partial charge in [0.15, 0.2) is 0 Å². The molecule has 2 N–H and O–H groups in total. The maximum atomic E-state index is 6.04. The molecular weight excluding hydrogens is 248 g/mol.